The summed E-state index contributed by atoms with van der Waals surface area (Å²) in [4.78, 5) is 43.2. The Morgan fingerprint density at radius 1 is 0.823 bits per heavy atom. The molecule has 1 fully saturated rings. The third-order valence-corrected chi connectivity index (χ3v) is 16.6. The number of carbonyl (C=O) groups excluding carboxylic acids is 3. The van der Waals surface area contributed by atoms with Crippen molar-refractivity contribution in [2.75, 3.05) is 58.1 Å². The van der Waals surface area contributed by atoms with Crippen molar-refractivity contribution in [1.82, 2.24) is 5.06 Å². The quantitative estimate of drug-likeness (QED) is 0.0163. The third kappa shape index (κ3) is 14.7. The van der Waals surface area contributed by atoms with E-state index in [1.165, 1.54) is 18.2 Å². The Labute approximate surface area is 466 Å². The molecule has 430 valence electrons. The first kappa shape index (κ1) is 61.5. The largest absolute Gasteiger partial charge is 0.691 e. The normalized spacial score (nSPS) is 21.1. The summed E-state index contributed by atoms with van der Waals surface area (Å²) in [5.41, 5.74) is 3.60. The summed E-state index contributed by atoms with van der Waals surface area (Å²) < 4.78 is 104. The first-order valence-electron chi connectivity index (χ1n) is 26.1. The minimum Gasteiger partial charge on any atom is -0.691 e. The summed E-state index contributed by atoms with van der Waals surface area (Å²) in [5.74, 6) is -2.11. The molecule has 1 saturated heterocycles. The van der Waals surface area contributed by atoms with Crippen molar-refractivity contribution < 1.29 is 83.3 Å². The van der Waals surface area contributed by atoms with Crippen molar-refractivity contribution >= 4 is 77.9 Å². The van der Waals surface area contributed by atoms with Crippen molar-refractivity contribution in [2.45, 2.75) is 143 Å². The lowest BCUT2D eigenvalue weighted by Gasteiger charge is -2.32. The predicted molar refractivity (Wildman–Crippen MR) is 292 cm³/mol. The van der Waals surface area contributed by atoms with Crippen LogP contribution < -0.4 is 10.2 Å². The van der Waals surface area contributed by atoms with E-state index in [1.54, 1.807) is 12.0 Å². The van der Waals surface area contributed by atoms with E-state index >= 15 is 0 Å². The second-order valence-electron chi connectivity index (χ2n) is 22.2. The summed E-state index contributed by atoms with van der Waals surface area (Å²) in [7, 11) is -8.12. The van der Waals surface area contributed by atoms with Gasteiger partial charge in [0.2, 0.25) is 5.69 Å². The number of benzene rings is 3. The van der Waals surface area contributed by atoms with Crippen LogP contribution in [0.15, 0.2) is 104 Å². The fourth-order valence-electron chi connectivity index (χ4n) is 10.5. The average molecular weight is 1150 g/mol. The summed E-state index contributed by atoms with van der Waals surface area (Å²) in [6.07, 6.45) is 13.0. The van der Waals surface area contributed by atoms with E-state index in [9.17, 15) is 45.6 Å². The number of amides is 2. The molecule has 2 amide bonds. The number of anilines is 1. The van der Waals surface area contributed by atoms with Crippen LogP contribution in [0.5, 0.6) is 0 Å². The zero-order valence-electron chi connectivity index (χ0n) is 46.1. The lowest BCUT2D eigenvalue weighted by molar-refractivity contribution is -0.777. The molecule has 3 heterocycles. The van der Waals surface area contributed by atoms with Crippen LogP contribution in [0.4, 0.5) is 11.4 Å². The van der Waals surface area contributed by atoms with Gasteiger partial charge in [-0.25, -0.2) is 4.79 Å². The van der Waals surface area contributed by atoms with E-state index in [0.29, 0.717) is 59.2 Å². The van der Waals surface area contributed by atoms with Crippen molar-refractivity contribution in [1.29, 1.82) is 0 Å². The van der Waals surface area contributed by atoms with Gasteiger partial charge < -0.3 is 33.9 Å². The molecule has 3 aromatic rings. The van der Waals surface area contributed by atoms with Gasteiger partial charge in [0.05, 0.1) is 58.9 Å². The predicted octanol–water partition coefficient (Wildman–Crippen LogP) is 8.25. The van der Waals surface area contributed by atoms with E-state index in [-0.39, 0.29) is 68.7 Å². The molecule has 2 unspecified atom stereocenters. The molecule has 1 aliphatic carbocycles. The minimum atomic E-state index is -5.04. The van der Waals surface area contributed by atoms with Crippen LogP contribution in [0, 0.1) is 0 Å². The van der Waals surface area contributed by atoms with Crippen LogP contribution in [0.25, 0.3) is 10.8 Å². The number of hydroxylamine groups is 2. The molecule has 2 N–H and O–H groups in total. The van der Waals surface area contributed by atoms with Crippen LogP contribution in [0.3, 0.4) is 0 Å². The van der Waals surface area contributed by atoms with Crippen LogP contribution >= 0.6 is 12.0 Å². The molecule has 3 aliphatic heterocycles. The molecule has 0 bridgehead atoms. The van der Waals surface area contributed by atoms with Crippen LogP contribution in [0.1, 0.15) is 118 Å². The van der Waals surface area contributed by atoms with Gasteiger partial charge in [0.1, 0.15) is 11.5 Å². The van der Waals surface area contributed by atoms with Crippen molar-refractivity contribution in [3.8, 4) is 0 Å². The Bertz CT molecular complexity index is 3210. The fraction of sp³-hybridized carbons (Fsp3) is 0.500. The van der Waals surface area contributed by atoms with E-state index < -0.39 is 64.2 Å². The molecule has 0 saturated carbocycles. The third-order valence-electron chi connectivity index (χ3n) is 14.3. The molecule has 0 spiro atoms. The molecular weight excluding hydrogens is 1080 g/mol. The highest BCUT2D eigenvalue weighted by Gasteiger charge is 2.49. The first-order chi connectivity index (χ1) is 37.1. The molecule has 0 radical (unpaired) electrons. The molecule has 23 heteroatoms. The van der Waals surface area contributed by atoms with Crippen molar-refractivity contribution in [2.24, 2.45) is 0 Å². The van der Waals surface area contributed by atoms with Crippen LogP contribution in [-0.2, 0) is 78.6 Å². The van der Waals surface area contributed by atoms with E-state index in [0.717, 1.165) is 59.1 Å². The minimum absolute atomic E-state index is 0.0173. The number of carbonyl (C=O) groups is 3. The summed E-state index contributed by atoms with van der Waals surface area (Å²) in [5, 5.41) is 15.5. The van der Waals surface area contributed by atoms with Crippen molar-refractivity contribution in [3.05, 3.63) is 101 Å². The number of hydrogen-bond acceptors (Lipinski definition) is 17. The molecule has 4 aliphatic rings. The topological polar surface area (TPSA) is 257 Å². The smallest absolute Gasteiger partial charge is 0.335 e. The Kier molecular flexibility index (Phi) is 19.4. The maximum Gasteiger partial charge on any atom is 0.335 e. The van der Waals surface area contributed by atoms with Crippen LogP contribution in [-0.4, -0.2) is 124 Å². The Balaban J connectivity index is 1.31. The van der Waals surface area contributed by atoms with Gasteiger partial charge >= 0.3 is 5.97 Å². The monoisotopic (exact) mass is 1150 g/mol. The van der Waals surface area contributed by atoms with Gasteiger partial charge in [-0.1, -0.05) is 24.3 Å². The van der Waals surface area contributed by atoms with E-state index in [2.05, 4.69) is 34.8 Å². The second kappa shape index (κ2) is 24.9. The molecule has 0 aromatic heterocycles. The van der Waals surface area contributed by atoms with Gasteiger partial charge in [-0.05, 0) is 151 Å². The van der Waals surface area contributed by atoms with Crippen LogP contribution in [0.2, 0.25) is 0 Å². The molecule has 7 rings (SSSR count). The lowest BCUT2D eigenvalue weighted by Crippen LogP contribution is -2.34. The highest BCUT2D eigenvalue weighted by Crippen LogP contribution is 2.55. The van der Waals surface area contributed by atoms with Gasteiger partial charge in [-0.2, -0.15) is 25.7 Å². The summed E-state index contributed by atoms with van der Waals surface area (Å²) >= 11 is 0.829. The average Bonchev–Trinajstić information content (AvgIpc) is 3.50. The fourth-order valence-corrected chi connectivity index (χ4v) is 12.2. The number of hydrogen-bond donors (Lipinski definition) is 2. The number of allylic oxidation sites excluding steroid dienone is 8. The standard InChI is InChI=1S/C56H71N3O17S3/c1-53(2,3)72-29-24-55(7)43-36-40(77-76-75-63)15-18-44(43)57(26-31-70-9)46(55)19-13-37-11-10-12-38(33-37)14-20-47-56(8,25-30-73-54(4,5)6)51-42-17-16-41(78(64,65)66)34-39(42)35-45(79(67,68)69)52(51)58(47)27-32-71-28-23-50(62)74-59-48(60)21-22-49(59)61/h13-20,33-36H,10-12,21-32H2,1-9H3,(H2-,63,64,65,66,67,68,69). The van der Waals surface area contributed by atoms with Crippen molar-refractivity contribution in [3.63, 3.8) is 0 Å². The van der Waals surface area contributed by atoms with Gasteiger partial charge in [-0.3, -0.25) is 23.7 Å². The number of rotatable bonds is 24. The number of imide groups is 1. The SMILES string of the molecule is COCC[N+]1=C(/C=C/C2=CC(=C/C=C3/N(CCOCCC(=O)ON4C(=O)CCC4=O)c4c(S(=O)(=O)O)cc5cc(S(=O)(=O)O)ccc5c4C3(C)CCOC(C)(C)C)/CCC2)C(C)(CCOC(C)(C)C)c2cc(SOO[O-])ccc21. The molecule has 20 nitrogen and oxygen atoms in total. The Hall–Kier alpha value is -5.15. The summed E-state index contributed by atoms with van der Waals surface area (Å²) in [6, 6.07) is 10.9. The number of ether oxygens (including phenoxy) is 4. The molecule has 3 aromatic carbocycles. The second-order valence-corrected chi connectivity index (χ2v) is 25.8. The lowest BCUT2D eigenvalue weighted by atomic mass is 9.76. The van der Waals surface area contributed by atoms with Gasteiger partial charge in [-0.15, -0.1) is 5.06 Å². The van der Waals surface area contributed by atoms with Gasteiger partial charge in [0.25, 0.3) is 32.1 Å². The Morgan fingerprint density at radius 3 is 2.14 bits per heavy atom. The highest BCUT2D eigenvalue weighted by molar-refractivity contribution is 7.94. The number of methoxy groups -OCH3 is 1. The molecular formula is C56H71N3O17S3. The number of nitrogens with zero attached hydrogens (tertiary/aromatic N) is 3. The highest BCUT2D eigenvalue weighted by atomic mass is 32.2. The number of fused-ring (bicyclic) bond motifs is 4. The van der Waals surface area contributed by atoms with Gasteiger partial charge in [0.15, 0.2) is 12.3 Å². The zero-order valence-corrected chi connectivity index (χ0v) is 48.6. The summed E-state index contributed by atoms with van der Waals surface area (Å²) in [6.45, 7) is 17.2. The first-order valence-corrected chi connectivity index (χ1v) is 29.7. The Morgan fingerprint density at radius 2 is 1.51 bits per heavy atom. The van der Waals surface area contributed by atoms with E-state index in [1.807, 2.05) is 78.8 Å². The molecule has 2 atom stereocenters. The zero-order chi connectivity index (χ0) is 57.7. The van der Waals surface area contributed by atoms with E-state index in [4.69, 9.17) is 28.1 Å². The van der Waals surface area contributed by atoms with Gasteiger partial charge in [0, 0.05) is 73.4 Å². The maximum absolute atomic E-state index is 13.6. The molecule has 79 heavy (non-hydrogen) atoms. The maximum atomic E-state index is 13.6.